The van der Waals surface area contributed by atoms with Gasteiger partial charge < -0.3 is 15.0 Å². The fraction of sp³-hybridized carbons (Fsp3) is 0.231. The molecule has 0 aliphatic carbocycles. The van der Waals surface area contributed by atoms with E-state index in [0.717, 1.165) is 5.56 Å². The van der Waals surface area contributed by atoms with Gasteiger partial charge in [-0.2, -0.15) is 0 Å². The van der Waals surface area contributed by atoms with E-state index >= 15 is 0 Å². The number of amides is 2. The van der Waals surface area contributed by atoms with Crippen LogP contribution in [-0.4, -0.2) is 27.2 Å². The Balaban J connectivity index is 1.94. The minimum absolute atomic E-state index is 0.168. The highest BCUT2D eigenvalue weighted by atomic mass is 16.3. The minimum atomic E-state index is -0.786. The zero-order chi connectivity index (χ0) is 13.2. The van der Waals surface area contributed by atoms with Gasteiger partial charge in [0.15, 0.2) is 0 Å². The lowest BCUT2D eigenvalue weighted by atomic mass is 10.2. The summed E-state index contributed by atoms with van der Waals surface area (Å²) in [4.78, 5) is 15.7. The number of aliphatic hydroxyl groups excluding tert-OH is 1. The van der Waals surface area contributed by atoms with Crippen LogP contribution in [0.25, 0.3) is 0 Å². The third-order valence-electron chi connectivity index (χ3n) is 3.07. The first-order chi connectivity index (χ1) is 9.24. The molecule has 0 saturated heterocycles. The monoisotopic (exact) mass is 258 g/mol. The van der Waals surface area contributed by atoms with Gasteiger partial charge in [-0.15, -0.1) is 0 Å². The van der Waals surface area contributed by atoms with Crippen LogP contribution in [0, 0.1) is 0 Å². The first-order valence-electron chi connectivity index (χ1n) is 6.06. The summed E-state index contributed by atoms with van der Waals surface area (Å²) in [5, 5.41) is 15.2. The highest BCUT2D eigenvalue weighted by Gasteiger charge is 2.24. The quantitative estimate of drug-likeness (QED) is 0.754. The summed E-state index contributed by atoms with van der Waals surface area (Å²) in [5.74, 6) is 0.548. The molecule has 6 nitrogen and oxygen atoms in total. The number of benzene rings is 1. The number of aliphatic hydroxyl groups is 1. The van der Waals surface area contributed by atoms with Gasteiger partial charge in [-0.3, -0.25) is 5.32 Å². The summed E-state index contributed by atoms with van der Waals surface area (Å²) in [5.41, 5.74) is 1.60. The van der Waals surface area contributed by atoms with Gasteiger partial charge in [0.25, 0.3) is 0 Å². The Hall–Kier alpha value is -2.34. The van der Waals surface area contributed by atoms with Crippen LogP contribution in [-0.2, 0) is 6.54 Å². The fourth-order valence-corrected chi connectivity index (χ4v) is 2.12. The van der Waals surface area contributed by atoms with Crippen LogP contribution >= 0.6 is 0 Å². The average Bonchev–Trinajstić information content (AvgIpc) is 2.73. The molecule has 1 aromatic heterocycles. The van der Waals surface area contributed by atoms with E-state index in [9.17, 15) is 9.90 Å². The lowest BCUT2D eigenvalue weighted by molar-refractivity contribution is 0.174. The van der Waals surface area contributed by atoms with Crippen molar-refractivity contribution in [2.24, 2.45) is 0 Å². The van der Waals surface area contributed by atoms with Crippen LogP contribution in [0.4, 0.5) is 10.6 Å². The van der Waals surface area contributed by atoms with Crippen molar-refractivity contribution in [1.82, 2.24) is 14.9 Å². The summed E-state index contributed by atoms with van der Waals surface area (Å²) in [6, 6.07) is 9.54. The second-order valence-electron chi connectivity index (χ2n) is 4.44. The van der Waals surface area contributed by atoms with E-state index < -0.39 is 6.10 Å². The number of aromatic nitrogens is 2. The molecule has 0 radical (unpaired) electrons. The second kappa shape index (κ2) is 4.74. The lowest BCUT2D eigenvalue weighted by Gasteiger charge is -2.09. The van der Waals surface area contributed by atoms with Gasteiger partial charge in [0.05, 0.1) is 19.4 Å². The molecule has 3 N–H and O–H groups in total. The first-order valence-corrected chi connectivity index (χ1v) is 6.06. The van der Waals surface area contributed by atoms with Crippen LogP contribution in [0.2, 0.25) is 0 Å². The molecule has 1 aliphatic heterocycles. The molecule has 2 amide bonds. The molecule has 1 aromatic carbocycles. The van der Waals surface area contributed by atoms with Crippen molar-refractivity contribution in [3.05, 3.63) is 47.9 Å². The molecule has 2 aromatic rings. The van der Waals surface area contributed by atoms with E-state index in [1.54, 1.807) is 6.33 Å². The predicted octanol–water partition coefficient (Wildman–Crippen LogP) is 1.10. The Kier molecular flexibility index (Phi) is 2.92. The number of urea groups is 1. The van der Waals surface area contributed by atoms with Crippen molar-refractivity contribution >= 4 is 11.8 Å². The summed E-state index contributed by atoms with van der Waals surface area (Å²) in [6.07, 6.45) is 0.845. The molecule has 1 atom stereocenters. The Bertz CT molecular complexity index is 594. The van der Waals surface area contributed by atoms with Crippen molar-refractivity contribution in [1.29, 1.82) is 0 Å². The molecule has 6 heteroatoms. The number of imidazole rings is 1. The zero-order valence-electron chi connectivity index (χ0n) is 10.2. The normalized spacial score (nSPS) is 18.2. The molecule has 19 heavy (non-hydrogen) atoms. The maximum Gasteiger partial charge on any atom is 0.320 e. The Morgan fingerprint density at radius 3 is 2.95 bits per heavy atom. The van der Waals surface area contributed by atoms with Crippen LogP contribution in [0.3, 0.4) is 0 Å². The molecule has 3 rings (SSSR count). The van der Waals surface area contributed by atoms with Gasteiger partial charge in [0.2, 0.25) is 0 Å². The molecule has 0 spiro atoms. The van der Waals surface area contributed by atoms with Crippen molar-refractivity contribution in [3.8, 4) is 0 Å². The number of β-amino-alcohol motifs (C(OH)–C–C–N with tert-alkyl or cyclic N) is 1. The number of nitrogens with zero attached hydrogens (tertiary/aromatic N) is 2. The van der Waals surface area contributed by atoms with E-state index in [1.165, 1.54) is 0 Å². The highest BCUT2D eigenvalue weighted by molar-refractivity contribution is 5.89. The van der Waals surface area contributed by atoms with Gasteiger partial charge in [-0.25, -0.2) is 9.78 Å². The van der Waals surface area contributed by atoms with Gasteiger partial charge in [-0.1, -0.05) is 30.3 Å². The average molecular weight is 258 g/mol. The largest absolute Gasteiger partial charge is 0.385 e. The molecular formula is C13H14N4O2. The van der Waals surface area contributed by atoms with E-state index in [2.05, 4.69) is 15.6 Å². The summed E-state index contributed by atoms with van der Waals surface area (Å²) >= 11 is 0. The number of hydrogen-bond donors (Lipinski definition) is 3. The number of fused-ring (bicyclic) bond motifs is 1. The number of hydrogen-bond acceptors (Lipinski definition) is 3. The fourth-order valence-electron chi connectivity index (χ4n) is 2.12. The Morgan fingerprint density at radius 1 is 1.37 bits per heavy atom. The summed E-state index contributed by atoms with van der Waals surface area (Å²) < 4.78 is 1.82. The standard InChI is InChI=1S/C13H14N4O2/c18-10-6-14-13(19)16-12-11(10)15-8-17(12)7-9-4-2-1-3-5-9/h1-5,8,10,18H,6-7H2,(H2,14,16,19). The number of carbonyl (C=O) groups is 1. The van der Waals surface area contributed by atoms with Crippen molar-refractivity contribution < 1.29 is 9.90 Å². The maximum atomic E-state index is 11.5. The predicted molar refractivity (Wildman–Crippen MR) is 69.8 cm³/mol. The molecule has 0 saturated carbocycles. The van der Waals surface area contributed by atoms with Crippen molar-refractivity contribution in [2.45, 2.75) is 12.6 Å². The maximum absolute atomic E-state index is 11.5. The molecule has 1 aliphatic rings. The van der Waals surface area contributed by atoms with Crippen LogP contribution in [0.15, 0.2) is 36.7 Å². The lowest BCUT2D eigenvalue weighted by Crippen LogP contribution is -2.29. The van der Waals surface area contributed by atoms with E-state index in [0.29, 0.717) is 18.1 Å². The minimum Gasteiger partial charge on any atom is -0.385 e. The molecule has 2 heterocycles. The first kappa shape index (κ1) is 11.7. The van der Waals surface area contributed by atoms with Gasteiger partial charge in [0, 0.05) is 0 Å². The number of nitrogens with one attached hydrogen (secondary N) is 2. The van der Waals surface area contributed by atoms with E-state index in [4.69, 9.17) is 0 Å². The van der Waals surface area contributed by atoms with Crippen molar-refractivity contribution in [3.63, 3.8) is 0 Å². The Labute approximate surface area is 110 Å². The van der Waals surface area contributed by atoms with Crippen LogP contribution in [0.1, 0.15) is 17.4 Å². The molecule has 1 unspecified atom stereocenters. The summed E-state index contributed by atoms with van der Waals surface area (Å²) in [7, 11) is 0. The van der Waals surface area contributed by atoms with Gasteiger partial charge in [-0.05, 0) is 5.56 Å². The van der Waals surface area contributed by atoms with Gasteiger partial charge in [0.1, 0.15) is 17.6 Å². The third kappa shape index (κ3) is 2.30. The van der Waals surface area contributed by atoms with E-state index in [1.807, 2.05) is 34.9 Å². The zero-order valence-corrected chi connectivity index (χ0v) is 10.2. The highest BCUT2D eigenvalue weighted by Crippen LogP contribution is 2.24. The van der Waals surface area contributed by atoms with Crippen LogP contribution in [0.5, 0.6) is 0 Å². The number of carbonyl (C=O) groups excluding carboxylic acids is 1. The number of rotatable bonds is 2. The van der Waals surface area contributed by atoms with Crippen LogP contribution < -0.4 is 10.6 Å². The summed E-state index contributed by atoms with van der Waals surface area (Å²) in [6.45, 7) is 0.761. The molecular weight excluding hydrogens is 244 g/mol. The molecule has 98 valence electrons. The number of anilines is 1. The Morgan fingerprint density at radius 2 is 2.16 bits per heavy atom. The topological polar surface area (TPSA) is 79.2 Å². The SMILES string of the molecule is O=C1NCC(O)c2ncn(Cc3ccccc3)c2N1. The second-order valence-corrected chi connectivity index (χ2v) is 4.44. The molecule has 0 fully saturated rings. The van der Waals surface area contributed by atoms with Crippen molar-refractivity contribution in [2.75, 3.05) is 11.9 Å². The van der Waals surface area contributed by atoms with Gasteiger partial charge >= 0.3 is 6.03 Å². The third-order valence-corrected chi connectivity index (χ3v) is 3.07. The van der Waals surface area contributed by atoms with E-state index in [-0.39, 0.29) is 12.6 Å². The molecule has 0 bridgehead atoms. The smallest absolute Gasteiger partial charge is 0.320 e.